The number of carboxylic acid groups (broad SMARTS) is 1. The smallest absolute Gasteiger partial charge is 1.00 e. The molecule has 8 nitrogen and oxygen atoms in total. The first-order chi connectivity index (χ1) is 17.4. The minimum atomic E-state index is -1.07. The van der Waals surface area contributed by atoms with Crippen molar-refractivity contribution in [1.29, 1.82) is 0 Å². The number of aliphatic carboxylic acids is 1. The molecule has 37 heavy (non-hydrogen) atoms. The van der Waals surface area contributed by atoms with Gasteiger partial charge in [0.1, 0.15) is 11.6 Å². The summed E-state index contributed by atoms with van der Waals surface area (Å²) >= 11 is 0. The quantitative estimate of drug-likeness (QED) is 0.199. The molecule has 0 bridgehead atoms. The van der Waals surface area contributed by atoms with Crippen molar-refractivity contribution in [2.75, 3.05) is 18.4 Å². The third-order valence-electron chi connectivity index (χ3n) is 5.43. The summed E-state index contributed by atoms with van der Waals surface area (Å²) in [5.74, 6) is -1.39. The third-order valence-corrected chi connectivity index (χ3v) is 5.43. The predicted molar refractivity (Wildman–Crippen MR) is 136 cm³/mol. The Labute approximate surface area is 238 Å². The molecule has 0 fully saturated rings. The third kappa shape index (κ3) is 10.7. The van der Waals surface area contributed by atoms with Crippen molar-refractivity contribution in [1.82, 2.24) is 15.6 Å². The molecule has 1 heterocycles. The molecule has 0 saturated carbocycles. The molecule has 0 aliphatic carbocycles. The Hall–Kier alpha value is -3.27. The van der Waals surface area contributed by atoms with Crippen LogP contribution in [0.25, 0.3) is 11.1 Å². The average molecular weight is 517 g/mol. The van der Waals surface area contributed by atoms with Crippen molar-refractivity contribution >= 4 is 23.6 Å². The molecule has 1 unspecified atom stereocenters. The maximum absolute atomic E-state index is 13.2. The van der Waals surface area contributed by atoms with Crippen molar-refractivity contribution in [2.24, 2.45) is 0 Å². The molecular formula is C27H30FN4NaO4. The number of carboxylic acids is 1. The molecule has 0 radical (unpaired) electrons. The van der Waals surface area contributed by atoms with Gasteiger partial charge >= 0.3 is 35.5 Å². The Balaban J connectivity index is 0.00000361. The summed E-state index contributed by atoms with van der Waals surface area (Å²) in [6, 6.07) is 17.8. The van der Waals surface area contributed by atoms with E-state index in [1.165, 1.54) is 12.1 Å². The molecule has 0 aliphatic rings. The second-order valence-electron chi connectivity index (χ2n) is 8.23. The van der Waals surface area contributed by atoms with Gasteiger partial charge < -0.3 is 22.5 Å². The SMILES string of the molecule is O=C(O)CC(NC(=O)CNC(=O)CCCCNc1ccccn1)c1cccc(-c2ccc(F)cc2)c1.[H-].[Na+]. The van der Waals surface area contributed by atoms with Gasteiger partial charge in [-0.3, -0.25) is 14.4 Å². The first-order valence-electron chi connectivity index (χ1n) is 11.7. The van der Waals surface area contributed by atoms with Crippen molar-refractivity contribution < 1.29 is 54.9 Å². The van der Waals surface area contributed by atoms with Crippen molar-refractivity contribution in [3.05, 3.63) is 84.3 Å². The molecule has 2 amide bonds. The summed E-state index contributed by atoms with van der Waals surface area (Å²) in [4.78, 5) is 40.1. The van der Waals surface area contributed by atoms with Gasteiger partial charge in [-0.2, -0.15) is 0 Å². The number of benzene rings is 2. The molecular weight excluding hydrogens is 486 g/mol. The van der Waals surface area contributed by atoms with Crippen LogP contribution in [0.4, 0.5) is 10.2 Å². The number of carbonyl (C=O) groups is 3. The zero-order valence-electron chi connectivity index (χ0n) is 21.7. The molecule has 190 valence electrons. The molecule has 10 heteroatoms. The minimum absolute atomic E-state index is 0. The molecule has 0 spiro atoms. The second-order valence-corrected chi connectivity index (χ2v) is 8.23. The molecule has 3 rings (SSSR count). The number of nitrogens with zero attached hydrogens (tertiary/aromatic N) is 1. The molecule has 1 atom stereocenters. The Morgan fingerprint density at radius 3 is 2.43 bits per heavy atom. The Kier molecular flexibility index (Phi) is 12.8. The van der Waals surface area contributed by atoms with Gasteiger partial charge in [0.25, 0.3) is 0 Å². The van der Waals surface area contributed by atoms with Crippen molar-refractivity contribution in [2.45, 2.75) is 31.7 Å². The monoisotopic (exact) mass is 516 g/mol. The van der Waals surface area contributed by atoms with E-state index in [1.807, 2.05) is 24.3 Å². The summed E-state index contributed by atoms with van der Waals surface area (Å²) in [5.41, 5.74) is 2.13. The Bertz CT molecular complexity index is 1170. The fourth-order valence-electron chi connectivity index (χ4n) is 3.61. The van der Waals surface area contributed by atoms with Crippen LogP contribution in [0.1, 0.15) is 38.7 Å². The van der Waals surface area contributed by atoms with Crippen LogP contribution in [0, 0.1) is 5.82 Å². The van der Waals surface area contributed by atoms with Gasteiger partial charge in [0.05, 0.1) is 19.0 Å². The molecule has 3 aromatic rings. The number of hydrogen-bond acceptors (Lipinski definition) is 5. The number of halogens is 1. The van der Waals surface area contributed by atoms with Gasteiger partial charge in [-0.05, 0) is 59.9 Å². The van der Waals surface area contributed by atoms with Crippen LogP contribution in [0.2, 0.25) is 0 Å². The second kappa shape index (κ2) is 15.8. The molecule has 4 N–H and O–H groups in total. The molecule has 2 aromatic carbocycles. The largest absolute Gasteiger partial charge is 1.00 e. The fraction of sp³-hybridized carbons (Fsp3) is 0.259. The summed E-state index contributed by atoms with van der Waals surface area (Å²) in [7, 11) is 0. The number of pyridine rings is 1. The van der Waals surface area contributed by atoms with E-state index in [2.05, 4.69) is 20.9 Å². The van der Waals surface area contributed by atoms with E-state index in [-0.39, 0.29) is 62.1 Å². The summed E-state index contributed by atoms with van der Waals surface area (Å²) in [6.45, 7) is 0.428. The number of hydrogen-bond donors (Lipinski definition) is 4. The Morgan fingerprint density at radius 2 is 1.73 bits per heavy atom. The van der Waals surface area contributed by atoms with Crippen LogP contribution in [0.15, 0.2) is 72.9 Å². The summed E-state index contributed by atoms with van der Waals surface area (Å²) in [6.07, 6.45) is 3.06. The number of amides is 2. The van der Waals surface area contributed by atoms with Gasteiger partial charge in [0.2, 0.25) is 11.8 Å². The van der Waals surface area contributed by atoms with Crippen LogP contribution < -0.4 is 45.5 Å². The van der Waals surface area contributed by atoms with Gasteiger partial charge in [0.15, 0.2) is 0 Å². The number of unbranched alkanes of at least 4 members (excludes halogenated alkanes) is 1. The standard InChI is InChI=1S/C27H29FN4O4.Na.H/c28-22-12-10-19(11-13-22)20-6-5-7-21(16-20)23(17-27(35)36)32-26(34)18-31-25(33)9-2-4-15-30-24-8-1-3-14-29-24;;/h1,3,5-8,10-14,16,23H,2,4,9,15,17-18H2,(H,29,30)(H,31,33)(H,32,34)(H,35,36);;/q;+1;-1. The van der Waals surface area contributed by atoms with Crippen LogP contribution in [0.3, 0.4) is 0 Å². The number of nitrogens with one attached hydrogen (secondary N) is 3. The van der Waals surface area contributed by atoms with E-state index >= 15 is 0 Å². The number of carbonyl (C=O) groups excluding carboxylic acids is 2. The van der Waals surface area contributed by atoms with E-state index in [4.69, 9.17) is 0 Å². The Morgan fingerprint density at radius 1 is 0.946 bits per heavy atom. The zero-order chi connectivity index (χ0) is 25.8. The van der Waals surface area contributed by atoms with E-state index in [0.717, 1.165) is 23.4 Å². The minimum Gasteiger partial charge on any atom is -1.00 e. The zero-order valence-corrected chi connectivity index (χ0v) is 22.7. The van der Waals surface area contributed by atoms with Crippen molar-refractivity contribution in [3.63, 3.8) is 0 Å². The van der Waals surface area contributed by atoms with E-state index in [1.54, 1.807) is 36.5 Å². The normalized spacial score (nSPS) is 11.1. The van der Waals surface area contributed by atoms with Gasteiger partial charge in [-0.1, -0.05) is 36.4 Å². The van der Waals surface area contributed by atoms with Gasteiger partial charge in [-0.15, -0.1) is 0 Å². The van der Waals surface area contributed by atoms with E-state index in [0.29, 0.717) is 18.5 Å². The first-order valence-corrected chi connectivity index (χ1v) is 11.7. The van der Waals surface area contributed by atoms with E-state index in [9.17, 15) is 23.9 Å². The first kappa shape index (κ1) is 30.0. The average Bonchev–Trinajstić information content (AvgIpc) is 2.88. The van der Waals surface area contributed by atoms with Crippen LogP contribution >= 0.6 is 0 Å². The topological polar surface area (TPSA) is 120 Å². The number of anilines is 1. The maximum atomic E-state index is 13.2. The maximum Gasteiger partial charge on any atom is 1.00 e. The van der Waals surface area contributed by atoms with Crippen LogP contribution in [-0.4, -0.2) is 41.0 Å². The van der Waals surface area contributed by atoms with Gasteiger partial charge in [-0.25, -0.2) is 9.37 Å². The molecule has 0 saturated heterocycles. The molecule has 1 aromatic heterocycles. The predicted octanol–water partition coefficient (Wildman–Crippen LogP) is 1.03. The number of rotatable bonds is 13. The molecule has 0 aliphatic heterocycles. The van der Waals surface area contributed by atoms with Gasteiger partial charge in [0, 0.05) is 19.2 Å². The van der Waals surface area contributed by atoms with Crippen LogP contribution in [0.5, 0.6) is 0 Å². The fourth-order valence-corrected chi connectivity index (χ4v) is 3.61. The van der Waals surface area contributed by atoms with Crippen molar-refractivity contribution in [3.8, 4) is 11.1 Å². The van der Waals surface area contributed by atoms with E-state index < -0.39 is 17.9 Å². The summed E-state index contributed by atoms with van der Waals surface area (Å²) in [5, 5.41) is 17.8. The number of aromatic nitrogens is 1. The summed E-state index contributed by atoms with van der Waals surface area (Å²) < 4.78 is 13.2. The van der Waals surface area contributed by atoms with Crippen LogP contribution in [-0.2, 0) is 14.4 Å².